The number of halogens is 2. The van der Waals surface area contributed by atoms with E-state index in [0.29, 0.717) is 5.69 Å². The van der Waals surface area contributed by atoms with Gasteiger partial charge in [-0.1, -0.05) is 48.0 Å². The molecule has 0 fully saturated rings. The van der Waals surface area contributed by atoms with Gasteiger partial charge in [0.25, 0.3) is 10.0 Å². The van der Waals surface area contributed by atoms with E-state index in [1.165, 1.54) is 24.3 Å². The van der Waals surface area contributed by atoms with Crippen LogP contribution in [0.2, 0.25) is 5.02 Å². The molecule has 5 nitrogen and oxygen atoms in total. The predicted molar refractivity (Wildman–Crippen MR) is 112 cm³/mol. The zero-order chi connectivity index (χ0) is 21.0. The number of nitrogens with zero attached hydrogens (tertiary/aromatic N) is 1. The third kappa shape index (κ3) is 4.75. The van der Waals surface area contributed by atoms with Gasteiger partial charge in [-0.15, -0.1) is 0 Å². The molecule has 8 heteroatoms. The van der Waals surface area contributed by atoms with E-state index < -0.39 is 28.3 Å². The second-order valence-electron chi connectivity index (χ2n) is 6.29. The first-order valence-corrected chi connectivity index (χ1v) is 10.5. The largest absolute Gasteiger partial charge is 0.324 e. The van der Waals surface area contributed by atoms with Gasteiger partial charge in [0.2, 0.25) is 5.91 Å². The van der Waals surface area contributed by atoms with Crippen molar-refractivity contribution in [1.29, 1.82) is 0 Å². The Balaban J connectivity index is 1.98. The Labute approximate surface area is 173 Å². The Morgan fingerprint density at radius 2 is 1.69 bits per heavy atom. The van der Waals surface area contributed by atoms with E-state index in [1.54, 1.807) is 30.3 Å². The molecule has 0 bridgehead atoms. The van der Waals surface area contributed by atoms with E-state index in [0.717, 1.165) is 15.9 Å². The summed E-state index contributed by atoms with van der Waals surface area (Å²) in [4.78, 5) is 12.7. The standard InChI is InChI=1S/C21H18ClFN2O3S/c1-15-7-5-6-10-20(15)24-21(26)14-25(16-11-12-19(23)18(22)13-16)29(27,28)17-8-3-2-4-9-17/h2-13H,14H2,1H3,(H,24,26). The number of hydrogen-bond donors (Lipinski definition) is 1. The minimum atomic E-state index is -4.09. The minimum Gasteiger partial charge on any atom is -0.324 e. The van der Waals surface area contributed by atoms with Crippen LogP contribution in [0.25, 0.3) is 0 Å². The first-order chi connectivity index (χ1) is 13.8. The normalized spacial score (nSPS) is 11.1. The van der Waals surface area contributed by atoms with Crippen LogP contribution < -0.4 is 9.62 Å². The van der Waals surface area contributed by atoms with Crippen LogP contribution in [0.15, 0.2) is 77.7 Å². The lowest BCUT2D eigenvalue weighted by Gasteiger charge is -2.24. The van der Waals surface area contributed by atoms with Crippen LogP contribution in [0.4, 0.5) is 15.8 Å². The van der Waals surface area contributed by atoms with Crippen molar-refractivity contribution in [1.82, 2.24) is 0 Å². The number of carbonyl (C=O) groups excluding carboxylic acids is 1. The molecule has 3 aromatic carbocycles. The number of carbonyl (C=O) groups is 1. The van der Waals surface area contributed by atoms with Crippen molar-refractivity contribution in [2.75, 3.05) is 16.2 Å². The zero-order valence-electron chi connectivity index (χ0n) is 15.5. The van der Waals surface area contributed by atoms with Crippen molar-refractivity contribution in [3.05, 3.63) is 89.2 Å². The van der Waals surface area contributed by atoms with E-state index in [9.17, 15) is 17.6 Å². The van der Waals surface area contributed by atoms with Crippen molar-refractivity contribution in [3.8, 4) is 0 Å². The first-order valence-electron chi connectivity index (χ1n) is 8.67. The summed E-state index contributed by atoms with van der Waals surface area (Å²) in [5.74, 6) is -1.23. The van der Waals surface area contributed by atoms with Gasteiger partial charge < -0.3 is 5.32 Å². The lowest BCUT2D eigenvalue weighted by Crippen LogP contribution is -2.38. The number of nitrogens with one attached hydrogen (secondary N) is 1. The summed E-state index contributed by atoms with van der Waals surface area (Å²) < 4.78 is 40.9. The predicted octanol–water partition coefficient (Wildman–Crippen LogP) is 4.62. The number of aryl methyl sites for hydroxylation is 1. The number of sulfonamides is 1. The second kappa shape index (κ2) is 8.63. The Bertz CT molecular complexity index is 1140. The number of rotatable bonds is 6. The summed E-state index contributed by atoms with van der Waals surface area (Å²) in [7, 11) is -4.09. The molecule has 0 aliphatic rings. The van der Waals surface area contributed by atoms with Gasteiger partial charge in [-0.2, -0.15) is 0 Å². The van der Waals surface area contributed by atoms with Gasteiger partial charge in [0.05, 0.1) is 15.6 Å². The number of para-hydroxylation sites is 1. The molecule has 0 saturated carbocycles. The van der Waals surface area contributed by atoms with Crippen LogP contribution in [-0.4, -0.2) is 20.9 Å². The van der Waals surface area contributed by atoms with Gasteiger partial charge in [-0.3, -0.25) is 9.10 Å². The number of hydrogen-bond acceptors (Lipinski definition) is 3. The van der Waals surface area contributed by atoms with E-state index >= 15 is 0 Å². The molecule has 0 unspecified atom stereocenters. The summed E-state index contributed by atoms with van der Waals surface area (Å²) >= 11 is 5.84. The van der Waals surface area contributed by atoms with Crippen molar-refractivity contribution < 1.29 is 17.6 Å². The molecule has 0 spiro atoms. The monoisotopic (exact) mass is 432 g/mol. The molecule has 0 aliphatic carbocycles. The van der Waals surface area contributed by atoms with Crippen LogP contribution in [0.5, 0.6) is 0 Å². The molecule has 0 atom stereocenters. The molecule has 0 radical (unpaired) electrons. The molecule has 0 aliphatic heterocycles. The molecule has 3 aromatic rings. The van der Waals surface area contributed by atoms with Crippen LogP contribution in [-0.2, 0) is 14.8 Å². The van der Waals surface area contributed by atoms with Crippen LogP contribution in [0.3, 0.4) is 0 Å². The summed E-state index contributed by atoms with van der Waals surface area (Å²) in [6.07, 6.45) is 0. The summed E-state index contributed by atoms with van der Waals surface area (Å²) in [5.41, 5.74) is 1.50. The SMILES string of the molecule is Cc1ccccc1NC(=O)CN(c1ccc(F)c(Cl)c1)S(=O)(=O)c1ccccc1. The molecular weight excluding hydrogens is 415 g/mol. The maximum Gasteiger partial charge on any atom is 0.264 e. The maximum atomic E-state index is 13.6. The average molecular weight is 433 g/mol. The second-order valence-corrected chi connectivity index (χ2v) is 8.56. The van der Waals surface area contributed by atoms with E-state index in [2.05, 4.69) is 5.32 Å². The molecule has 150 valence electrons. The fourth-order valence-corrected chi connectivity index (χ4v) is 4.32. The van der Waals surface area contributed by atoms with Crippen molar-refractivity contribution in [3.63, 3.8) is 0 Å². The van der Waals surface area contributed by atoms with Gasteiger partial charge >= 0.3 is 0 Å². The van der Waals surface area contributed by atoms with Crippen molar-refractivity contribution in [2.45, 2.75) is 11.8 Å². The number of benzene rings is 3. The van der Waals surface area contributed by atoms with E-state index in [1.807, 2.05) is 19.1 Å². The molecule has 3 rings (SSSR count). The maximum absolute atomic E-state index is 13.6. The Hall–Kier alpha value is -2.90. The minimum absolute atomic E-state index is 0.00383. The Morgan fingerprint density at radius 1 is 1.03 bits per heavy atom. The summed E-state index contributed by atoms with van der Waals surface area (Å²) in [5, 5.41) is 2.47. The van der Waals surface area contributed by atoms with Crippen LogP contribution in [0, 0.1) is 12.7 Å². The summed E-state index contributed by atoms with van der Waals surface area (Å²) in [6.45, 7) is 1.32. The van der Waals surface area contributed by atoms with Gasteiger partial charge in [-0.05, 0) is 48.9 Å². The van der Waals surface area contributed by atoms with Gasteiger partial charge in [-0.25, -0.2) is 12.8 Å². The zero-order valence-corrected chi connectivity index (χ0v) is 17.0. The molecule has 29 heavy (non-hydrogen) atoms. The fourth-order valence-electron chi connectivity index (χ4n) is 2.71. The molecular formula is C21H18ClFN2O3S. The molecule has 0 saturated heterocycles. The van der Waals surface area contributed by atoms with Gasteiger partial charge in [0.15, 0.2) is 0 Å². The fraction of sp³-hybridized carbons (Fsp3) is 0.0952. The van der Waals surface area contributed by atoms with Crippen molar-refractivity contribution >= 4 is 38.9 Å². The molecule has 0 heterocycles. The highest BCUT2D eigenvalue weighted by molar-refractivity contribution is 7.92. The highest BCUT2D eigenvalue weighted by Crippen LogP contribution is 2.28. The number of anilines is 2. The van der Waals surface area contributed by atoms with Crippen LogP contribution >= 0.6 is 11.6 Å². The lowest BCUT2D eigenvalue weighted by molar-refractivity contribution is -0.114. The molecule has 0 aromatic heterocycles. The Kier molecular flexibility index (Phi) is 6.20. The number of amides is 1. The molecule has 1 N–H and O–H groups in total. The summed E-state index contributed by atoms with van der Waals surface area (Å²) in [6, 6.07) is 18.3. The van der Waals surface area contributed by atoms with E-state index in [4.69, 9.17) is 11.6 Å². The quantitative estimate of drug-likeness (QED) is 0.618. The van der Waals surface area contributed by atoms with Crippen molar-refractivity contribution in [2.24, 2.45) is 0 Å². The lowest BCUT2D eigenvalue weighted by atomic mass is 10.2. The highest BCUT2D eigenvalue weighted by Gasteiger charge is 2.27. The van der Waals surface area contributed by atoms with E-state index in [-0.39, 0.29) is 15.6 Å². The third-order valence-electron chi connectivity index (χ3n) is 4.23. The van der Waals surface area contributed by atoms with Gasteiger partial charge in [0, 0.05) is 5.69 Å². The topological polar surface area (TPSA) is 66.5 Å². The first kappa shape index (κ1) is 20.8. The average Bonchev–Trinajstić information content (AvgIpc) is 2.71. The Morgan fingerprint density at radius 3 is 2.34 bits per heavy atom. The third-order valence-corrected chi connectivity index (χ3v) is 6.31. The highest BCUT2D eigenvalue weighted by atomic mass is 35.5. The smallest absolute Gasteiger partial charge is 0.264 e. The van der Waals surface area contributed by atoms with Gasteiger partial charge in [0.1, 0.15) is 12.4 Å². The van der Waals surface area contributed by atoms with Crippen LogP contribution in [0.1, 0.15) is 5.56 Å². The molecule has 1 amide bonds.